The van der Waals surface area contributed by atoms with Gasteiger partial charge in [0.05, 0.1) is 13.0 Å². The van der Waals surface area contributed by atoms with Crippen LogP contribution in [0.1, 0.15) is 18.1 Å². The molecule has 2 aromatic heterocycles. The maximum Gasteiger partial charge on any atom is 0.224 e. The number of pyridine rings is 1. The van der Waals surface area contributed by atoms with Crippen molar-refractivity contribution in [3.63, 3.8) is 0 Å². The van der Waals surface area contributed by atoms with E-state index in [-0.39, 0.29) is 5.91 Å². The van der Waals surface area contributed by atoms with E-state index in [1.807, 2.05) is 54.1 Å². The fourth-order valence-electron chi connectivity index (χ4n) is 2.43. The summed E-state index contributed by atoms with van der Waals surface area (Å²) < 4.78 is 7.22. The van der Waals surface area contributed by atoms with E-state index < -0.39 is 0 Å². The number of ether oxygens (including phenoxy) is 1. The molecule has 25 heavy (non-hydrogen) atoms. The van der Waals surface area contributed by atoms with Crippen LogP contribution in [0.3, 0.4) is 0 Å². The van der Waals surface area contributed by atoms with Gasteiger partial charge in [-0.3, -0.25) is 9.36 Å². The minimum absolute atomic E-state index is 0.0230. The zero-order chi connectivity index (χ0) is 17.5. The number of hydrogen-bond acceptors (Lipinski definition) is 4. The predicted octanol–water partition coefficient (Wildman–Crippen LogP) is 2.52. The highest BCUT2D eigenvalue weighted by Crippen LogP contribution is 2.12. The van der Waals surface area contributed by atoms with Crippen LogP contribution in [-0.2, 0) is 17.8 Å². The summed E-state index contributed by atoms with van der Waals surface area (Å²) in [5.41, 5.74) is 1.94. The molecule has 0 atom stereocenters. The Labute approximate surface area is 146 Å². The molecule has 3 aromatic rings. The van der Waals surface area contributed by atoms with Crippen LogP contribution in [0.4, 0.5) is 0 Å². The Morgan fingerprint density at radius 1 is 1.16 bits per heavy atom. The molecule has 0 fully saturated rings. The smallest absolute Gasteiger partial charge is 0.224 e. The average molecular weight is 336 g/mol. The van der Waals surface area contributed by atoms with Crippen molar-refractivity contribution in [2.45, 2.75) is 19.9 Å². The van der Waals surface area contributed by atoms with Crippen molar-refractivity contribution in [2.75, 3.05) is 6.61 Å². The minimum Gasteiger partial charge on any atom is -0.494 e. The Hall–Kier alpha value is -3.15. The standard InChI is InChI=1S/C19H20N4O2/c1-2-25-17-5-3-15(4-6-17)12-19(24)22-13-16-7-8-21-18(11-16)23-10-9-20-14-23/h3-11,14H,2,12-13H2,1H3,(H,22,24). The van der Waals surface area contributed by atoms with Crippen molar-refractivity contribution in [3.05, 3.63) is 72.4 Å². The van der Waals surface area contributed by atoms with Crippen molar-refractivity contribution >= 4 is 5.91 Å². The van der Waals surface area contributed by atoms with E-state index >= 15 is 0 Å². The molecule has 0 aliphatic heterocycles. The predicted molar refractivity (Wildman–Crippen MR) is 94.5 cm³/mol. The van der Waals surface area contributed by atoms with Gasteiger partial charge in [-0.2, -0.15) is 0 Å². The Balaban J connectivity index is 1.54. The lowest BCUT2D eigenvalue weighted by molar-refractivity contribution is -0.120. The Bertz CT molecular complexity index is 814. The highest BCUT2D eigenvalue weighted by molar-refractivity contribution is 5.78. The molecule has 0 radical (unpaired) electrons. The molecule has 0 saturated carbocycles. The van der Waals surface area contributed by atoms with Crippen LogP contribution in [-0.4, -0.2) is 27.0 Å². The third-order valence-electron chi connectivity index (χ3n) is 3.67. The van der Waals surface area contributed by atoms with Crippen LogP contribution in [0.15, 0.2) is 61.3 Å². The van der Waals surface area contributed by atoms with E-state index in [1.54, 1.807) is 18.7 Å². The highest BCUT2D eigenvalue weighted by atomic mass is 16.5. The normalized spacial score (nSPS) is 10.4. The monoisotopic (exact) mass is 336 g/mol. The Morgan fingerprint density at radius 3 is 2.72 bits per heavy atom. The molecule has 1 aromatic carbocycles. The summed E-state index contributed by atoms with van der Waals surface area (Å²) in [6.07, 6.45) is 7.29. The van der Waals surface area contributed by atoms with Crippen molar-refractivity contribution in [1.82, 2.24) is 19.9 Å². The third-order valence-corrected chi connectivity index (χ3v) is 3.67. The van der Waals surface area contributed by atoms with Gasteiger partial charge in [0, 0.05) is 25.1 Å². The van der Waals surface area contributed by atoms with Gasteiger partial charge in [0.2, 0.25) is 5.91 Å². The molecular formula is C19H20N4O2. The first-order valence-corrected chi connectivity index (χ1v) is 8.16. The topological polar surface area (TPSA) is 69.0 Å². The van der Waals surface area contributed by atoms with Gasteiger partial charge < -0.3 is 10.1 Å². The second-order valence-corrected chi connectivity index (χ2v) is 5.52. The number of imidazole rings is 1. The maximum absolute atomic E-state index is 12.1. The molecular weight excluding hydrogens is 316 g/mol. The van der Waals surface area contributed by atoms with Crippen molar-refractivity contribution in [2.24, 2.45) is 0 Å². The summed E-state index contributed by atoms with van der Waals surface area (Å²) in [5.74, 6) is 1.57. The van der Waals surface area contributed by atoms with Gasteiger partial charge in [-0.05, 0) is 42.3 Å². The number of nitrogens with one attached hydrogen (secondary N) is 1. The molecule has 0 unspecified atom stereocenters. The molecule has 2 heterocycles. The van der Waals surface area contributed by atoms with Crippen molar-refractivity contribution < 1.29 is 9.53 Å². The summed E-state index contributed by atoms with van der Waals surface area (Å²) in [4.78, 5) is 20.4. The second-order valence-electron chi connectivity index (χ2n) is 5.52. The third kappa shape index (κ3) is 4.67. The number of carbonyl (C=O) groups is 1. The van der Waals surface area contributed by atoms with Crippen LogP contribution in [0.2, 0.25) is 0 Å². The molecule has 6 heteroatoms. The maximum atomic E-state index is 12.1. The molecule has 3 rings (SSSR count). The molecule has 0 bridgehead atoms. The lowest BCUT2D eigenvalue weighted by Gasteiger charge is -2.08. The zero-order valence-corrected chi connectivity index (χ0v) is 14.1. The van der Waals surface area contributed by atoms with Gasteiger partial charge in [0.15, 0.2) is 0 Å². The van der Waals surface area contributed by atoms with Crippen LogP contribution >= 0.6 is 0 Å². The van der Waals surface area contributed by atoms with Gasteiger partial charge in [0.1, 0.15) is 17.9 Å². The van der Waals surface area contributed by atoms with Crippen LogP contribution in [0.5, 0.6) is 5.75 Å². The van der Waals surface area contributed by atoms with Gasteiger partial charge in [-0.1, -0.05) is 12.1 Å². The fourth-order valence-corrected chi connectivity index (χ4v) is 2.43. The summed E-state index contributed by atoms with van der Waals surface area (Å²) in [6, 6.07) is 11.4. The first-order valence-electron chi connectivity index (χ1n) is 8.16. The number of benzene rings is 1. The second kappa shape index (κ2) is 8.10. The molecule has 6 nitrogen and oxygen atoms in total. The molecule has 1 N–H and O–H groups in total. The largest absolute Gasteiger partial charge is 0.494 e. The summed E-state index contributed by atoms with van der Waals surface area (Å²) in [7, 11) is 0. The van der Waals surface area contributed by atoms with Gasteiger partial charge in [-0.25, -0.2) is 9.97 Å². The van der Waals surface area contributed by atoms with Crippen molar-refractivity contribution in [3.8, 4) is 11.6 Å². The first-order chi connectivity index (χ1) is 12.2. The summed E-state index contributed by atoms with van der Waals surface area (Å²) in [6.45, 7) is 3.03. The summed E-state index contributed by atoms with van der Waals surface area (Å²) in [5, 5.41) is 2.94. The van der Waals surface area contributed by atoms with Gasteiger partial charge >= 0.3 is 0 Å². The van der Waals surface area contributed by atoms with Gasteiger partial charge in [-0.15, -0.1) is 0 Å². The number of carbonyl (C=O) groups excluding carboxylic acids is 1. The molecule has 1 amide bonds. The molecule has 128 valence electrons. The van der Waals surface area contributed by atoms with Gasteiger partial charge in [0.25, 0.3) is 0 Å². The number of aromatic nitrogens is 3. The molecule has 0 aliphatic rings. The van der Waals surface area contributed by atoms with E-state index in [2.05, 4.69) is 15.3 Å². The van der Waals surface area contributed by atoms with E-state index in [9.17, 15) is 4.79 Å². The number of hydrogen-bond donors (Lipinski definition) is 1. The number of rotatable bonds is 7. The SMILES string of the molecule is CCOc1ccc(CC(=O)NCc2ccnc(-n3ccnc3)c2)cc1. The minimum atomic E-state index is -0.0230. The van der Waals surface area contributed by atoms with E-state index in [0.29, 0.717) is 19.6 Å². The van der Waals surface area contributed by atoms with E-state index in [1.165, 1.54) is 0 Å². The number of amides is 1. The highest BCUT2D eigenvalue weighted by Gasteiger charge is 2.05. The van der Waals surface area contributed by atoms with E-state index in [0.717, 1.165) is 22.7 Å². The van der Waals surface area contributed by atoms with E-state index in [4.69, 9.17) is 4.74 Å². The van der Waals surface area contributed by atoms with Crippen molar-refractivity contribution in [1.29, 1.82) is 0 Å². The average Bonchev–Trinajstić information content (AvgIpc) is 3.17. The Morgan fingerprint density at radius 2 is 2.00 bits per heavy atom. The van der Waals surface area contributed by atoms with Crippen LogP contribution in [0.25, 0.3) is 5.82 Å². The fraction of sp³-hybridized carbons (Fsp3) is 0.211. The molecule has 0 aliphatic carbocycles. The lowest BCUT2D eigenvalue weighted by atomic mass is 10.1. The zero-order valence-electron chi connectivity index (χ0n) is 14.1. The quantitative estimate of drug-likeness (QED) is 0.720. The van der Waals surface area contributed by atoms with Crippen LogP contribution < -0.4 is 10.1 Å². The van der Waals surface area contributed by atoms with Crippen LogP contribution in [0, 0.1) is 0 Å². The number of nitrogens with zero attached hydrogens (tertiary/aromatic N) is 3. The first kappa shape index (κ1) is 16.7. The Kier molecular flexibility index (Phi) is 5.41. The lowest BCUT2D eigenvalue weighted by Crippen LogP contribution is -2.24. The summed E-state index contributed by atoms with van der Waals surface area (Å²) >= 11 is 0. The molecule has 0 saturated heterocycles. The molecule has 0 spiro atoms.